The molecule has 0 spiro atoms. The van der Waals surface area contributed by atoms with Crippen molar-refractivity contribution in [2.45, 2.75) is 32.7 Å². The highest BCUT2D eigenvalue weighted by atomic mass is 16.5. The number of piperidine rings is 1. The molecule has 23 heavy (non-hydrogen) atoms. The number of hydrogen-bond acceptors (Lipinski definition) is 5. The Bertz CT molecular complexity index is 506. The number of aromatic nitrogens is 1. The van der Waals surface area contributed by atoms with E-state index in [9.17, 15) is 9.90 Å². The molecule has 1 aliphatic rings. The Balaban J connectivity index is 2.00. The van der Waals surface area contributed by atoms with Gasteiger partial charge in [-0.3, -0.25) is 9.69 Å². The molecule has 2 rings (SSSR count). The highest BCUT2D eigenvalue weighted by molar-refractivity contribution is 5.75. The minimum absolute atomic E-state index is 0.477. The van der Waals surface area contributed by atoms with Crippen molar-refractivity contribution in [1.82, 2.24) is 9.88 Å². The molecule has 6 heteroatoms. The molecule has 0 radical (unpaired) electrons. The average molecular weight is 322 g/mol. The number of carboxylic acids is 1. The smallest absolute Gasteiger partial charge is 0.311 e. The number of methoxy groups -OCH3 is 1. The molecular weight excluding hydrogens is 296 g/mol. The van der Waals surface area contributed by atoms with Crippen LogP contribution < -0.4 is 4.74 Å². The van der Waals surface area contributed by atoms with E-state index < -0.39 is 11.4 Å². The maximum absolute atomic E-state index is 11.8. The first-order valence-electron chi connectivity index (χ1n) is 8.12. The van der Waals surface area contributed by atoms with Crippen LogP contribution >= 0.6 is 0 Å². The molecule has 128 valence electrons. The molecule has 0 bridgehead atoms. The van der Waals surface area contributed by atoms with Gasteiger partial charge in [-0.2, -0.15) is 0 Å². The van der Waals surface area contributed by atoms with Gasteiger partial charge in [-0.05, 0) is 38.3 Å². The lowest BCUT2D eigenvalue weighted by Crippen LogP contribution is -2.48. The second-order valence-electron chi connectivity index (χ2n) is 6.08. The van der Waals surface area contributed by atoms with Crippen LogP contribution in [0.2, 0.25) is 0 Å². The summed E-state index contributed by atoms with van der Waals surface area (Å²) < 4.78 is 10.4. The van der Waals surface area contributed by atoms with Gasteiger partial charge >= 0.3 is 5.97 Å². The van der Waals surface area contributed by atoms with Crippen molar-refractivity contribution < 1.29 is 19.4 Å². The van der Waals surface area contributed by atoms with Gasteiger partial charge in [-0.15, -0.1) is 0 Å². The van der Waals surface area contributed by atoms with E-state index in [1.165, 1.54) is 0 Å². The predicted octanol–water partition coefficient (Wildman–Crippen LogP) is 2.18. The Morgan fingerprint density at radius 3 is 2.91 bits per heavy atom. The highest BCUT2D eigenvalue weighted by Crippen LogP contribution is 2.34. The third kappa shape index (κ3) is 4.65. The first-order chi connectivity index (χ1) is 11.1. The van der Waals surface area contributed by atoms with Crippen molar-refractivity contribution in [2.75, 3.05) is 33.4 Å². The van der Waals surface area contributed by atoms with Crippen LogP contribution in [0.1, 0.15) is 31.7 Å². The minimum atomic E-state index is -0.718. The van der Waals surface area contributed by atoms with Gasteiger partial charge in [0.15, 0.2) is 0 Å². The summed E-state index contributed by atoms with van der Waals surface area (Å²) in [5.41, 5.74) is 0.369. The van der Waals surface area contributed by atoms with E-state index >= 15 is 0 Å². The number of nitrogens with zero attached hydrogens (tertiary/aromatic N) is 2. The number of ether oxygens (including phenoxy) is 2. The molecule has 1 aromatic rings. The topological polar surface area (TPSA) is 71.9 Å². The molecule has 6 nitrogen and oxygen atoms in total. The molecule has 1 aliphatic heterocycles. The zero-order valence-corrected chi connectivity index (χ0v) is 14.0. The predicted molar refractivity (Wildman–Crippen MR) is 86.5 cm³/mol. The molecule has 1 N–H and O–H groups in total. The van der Waals surface area contributed by atoms with Crippen LogP contribution in [-0.4, -0.2) is 54.4 Å². The molecule has 0 unspecified atom stereocenters. The quantitative estimate of drug-likeness (QED) is 0.791. The van der Waals surface area contributed by atoms with Crippen molar-refractivity contribution in [1.29, 1.82) is 0 Å². The third-order valence-electron chi connectivity index (χ3n) is 4.39. The van der Waals surface area contributed by atoms with Gasteiger partial charge in [-0.25, -0.2) is 4.98 Å². The van der Waals surface area contributed by atoms with Crippen LogP contribution in [0.25, 0.3) is 0 Å². The number of hydrogen-bond donors (Lipinski definition) is 1. The molecule has 0 aromatic carbocycles. The number of aliphatic carboxylic acids is 1. The Morgan fingerprint density at radius 1 is 1.48 bits per heavy atom. The van der Waals surface area contributed by atoms with E-state index in [2.05, 4.69) is 9.88 Å². The first-order valence-corrected chi connectivity index (χ1v) is 8.12. The summed E-state index contributed by atoms with van der Waals surface area (Å²) in [7, 11) is 1.61. The van der Waals surface area contributed by atoms with Gasteiger partial charge in [-0.1, -0.05) is 6.07 Å². The fraction of sp³-hybridized carbons (Fsp3) is 0.647. The van der Waals surface area contributed by atoms with E-state index in [0.29, 0.717) is 45.0 Å². The maximum atomic E-state index is 11.8. The Morgan fingerprint density at radius 2 is 2.30 bits per heavy atom. The number of pyridine rings is 1. The van der Waals surface area contributed by atoms with Crippen molar-refractivity contribution in [3.63, 3.8) is 0 Å². The average Bonchev–Trinajstić information content (AvgIpc) is 2.55. The summed E-state index contributed by atoms with van der Waals surface area (Å²) in [5, 5.41) is 9.68. The fourth-order valence-electron chi connectivity index (χ4n) is 3.14. The maximum Gasteiger partial charge on any atom is 0.311 e. The molecule has 1 saturated heterocycles. The molecule has 1 aromatic heterocycles. The van der Waals surface area contributed by atoms with Gasteiger partial charge in [0.2, 0.25) is 5.88 Å². The van der Waals surface area contributed by atoms with E-state index in [0.717, 1.165) is 18.5 Å². The second kappa shape index (κ2) is 8.26. The van der Waals surface area contributed by atoms with Crippen molar-refractivity contribution in [3.8, 4) is 5.88 Å². The standard InChI is InChI=1S/C17H26N2O4/c1-3-23-15-6-5-14(11-18-15)12-19-9-4-7-17(13-19,16(20)21)8-10-22-2/h5-6,11H,3-4,7-10,12-13H2,1-2H3,(H,20,21)/t17-/m1/s1. The SMILES string of the molecule is CCOc1ccc(CN2CCC[C@](CCOC)(C(=O)O)C2)cn1. The van der Waals surface area contributed by atoms with Crippen molar-refractivity contribution >= 4 is 5.97 Å². The lowest BCUT2D eigenvalue weighted by molar-refractivity contribution is -0.154. The molecule has 0 saturated carbocycles. The highest BCUT2D eigenvalue weighted by Gasteiger charge is 2.41. The summed E-state index contributed by atoms with van der Waals surface area (Å²) in [6.45, 7) is 5.17. The monoisotopic (exact) mass is 322 g/mol. The van der Waals surface area contributed by atoms with Crippen molar-refractivity contribution in [3.05, 3.63) is 23.9 Å². The van der Waals surface area contributed by atoms with Crippen LogP contribution in [0.5, 0.6) is 5.88 Å². The molecular formula is C17H26N2O4. The number of carbonyl (C=O) groups is 1. The van der Waals surface area contributed by atoms with E-state index in [1.807, 2.05) is 19.1 Å². The second-order valence-corrected chi connectivity index (χ2v) is 6.08. The van der Waals surface area contributed by atoms with Gasteiger partial charge in [0.05, 0.1) is 12.0 Å². The van der Waals surface area contributed by atoms with E-state index in [1.54, 1.807) is 13.3 Å². The number of likely N-dealkylation sites (tertiary alicyclic amines) is 1. The molecule has 1 atom stereocenters. The van der Waals surface area contributed by atoms with Crippen LogP contribution in [-0.2, 0) is 16.1 Å². The van der Waals surface area contributed by atoms with Crippen LogP contribution in [0.3, 0.4) is 0 Å². The number of rotatable bonds is 8. The Hall–Kier alpha value is -1.66. The molecule has 0 amide bonds. The van der Waals surface area contributed by atoms with Gasteiger partial charge in [0.1, 0.15) is 0 Å². The molecule has 0 aliphatic carbocycles. The normalized spacial score (nSPS) is 22.0. The zero-order valence-electron chi connectivity index (χ0n) is 14.0. The minimum Gasteiger partial charge on any atom is -0.481 e. The zero-order chi connectivity index (χ0) is 16.7. The molecule has 1 fully saturated rings. The fourth-order valence-corrected chi connectivity index (χ4v) is 3.14. The van der Waals surface area contributed by atoms with E-state index in [4.69, 9.17) is 9.47 Å². The van der Waals surface area contributed by atoms with Gasteiger partial charge < -0.3 is 14.6 Å². The summed E-state index contributed by atoms with van der Waals surface area (Å²) >= 11 is 0. The van der Waals surface area contributed by atoms with Crippen LogP contribution in [0, 0.1) is 5.41 Å². The largest absolute Gasteiger partial charge is 0.481 e. The summed E-state index contributed by atoms with van der Waals surface area (Å²) in [5.74, 6) is -0.0982. The van der Waals surface area contributed by atoms with Gasteiger partial charge in [0, 0.05) is 39.1 Å². The first kappa shape index (κ1) is 17.7. The van der Waals surface area contributed by atoms with Gasteiger partial charge in [0.25, 0.3) is 0 Å². The van der Waals surface area contributed by atoms with Crippen molar-refractivity contribution in [2.24, 2.45) is 5.41 Å². The Kier molecular flexibility index (Phi) is 6.36. The molecule has 2 heterocycles. The van der Waals surface area contributed by atoms with E-state index in [-0.39, 0.29) is 0 Å². The Labute approximate surface area is 137 Å². The third-order valence-corrected chi connectivity index (χ3v) is 4.39. The van der Waals surface area contributed by atoms with Crippen LogP contribution in [0.15, 0.2) is 18.3 Å². The summed E-state index contributed by atoms with van der Waals surface area (Å²) in [4.78, 5) is 18.3. The lowest BCUT2D eigenvalue weighted by atomic mass is 9.77. The summed E-state index contributed by atoms with van der Waals surface area (Å²) in [6, 6.07) is 3.85. The van der Waals surface area contributed by atoms with Crippen LogP contribution in [0.4, 0.5) is 0 Å². The number of carboxylic acid groups (broad SMARTS) is 1. The summed E-state index contributed by atoms with van der Waals surface area (Å²) in [6.07, 6.45) is 3.96. The lowest BCUT2D eigenvalue weighted by Gasteiger charge is -2.40.